The van der Waals surface area contributed by atoms with Crippen molar-refractivity contribution < 1.29 is 37.3 Å². The van der Waals surface area contributed by atoms with E-state index < -0.39 is 34.0 Å². The molecule has 0 radical (unpaired) electrons. The molecule has 0 unspecified atom stereocenters. The van der Waals surface area contributed by atoms with Crippen molar-refractivity contribution in [1.29, 1.82) is 0 Å². The lowest BCUT2D eigenvalue weighted by Crippen LogP contribution is -2.48. The van der Waals surface area contributed by atoms with Crippen LogP contribution in [-0.4, -0.2) is 75.1 Å². The second kappa shape index (κ2) is 17.2. The molecular weight excluding hydrogens is 707 g/mol. The van der Waals surface area contributed by atoms with Gasteiger partial charge in [-0.2, -0.15) is 4.72 Å². The Kier molecular flexibility index (Phi) is 12.2. The lowest BCUT2D eigenvalue weighted by molar-refractivity contribution is -0.255. The van der Waals surface area contributed by atoms with Crippen LogP contribution in [0.5, 0.6) is 0 Å². The number of likely N-dealkylation sites (tertiary alicyclic amines) is 1. The highest BCUT2D eigenvalue weighted by molar-refractivity contribution is 7.89. The molecule has 1 amide bonds. The summed E-state index contributed by atoms with van der Waals surface area (Å²) in [5, 5.41) is 12.5. The van der Waals surface area contributed by atoms with Gasteiger partial charge < -0.3 is 34.3 Å². The number of amides is 1. The fraction of sp³-hybridized carbons (Fsp3) is 0.405. The average Bonchev–Trinajstić information content (AvgIpc) is 3.66. The lowest BCUT2D eigenvalue weighted by atomic mass is 9.98. The number of hydrogen-bond donors (Lipinski definition) is 3. The van der Waals surface area contributed by atoms with Crippen LogP contribution >= 0.6 is 0 Å². The second-order valence-corrected chi connectivity index (χ2v) is 16.1. The topological polar surface area (TPSA) is 136 Å². The number of nitrogens with zero attached hydrogens (tertiary/aromatic N) is 1. The zero-order valence-corrected chi connectivity index (χ0v) is 31.4. The third-order valence-electron chi connectivity index (χ3n) is 10.5. The molecule has 0 saturated carbocycles. The van der Waals surface area contributed by atoms with Gasteiger partial charge in [-0.3, -0.25) is 4.79 Å². The number of rotatable bonds is 13. The summed E-state index contributed by atoms with van der Waals surface area (Å²) in [6, 6.07) is 30.5. The molecule has 286 valence electrons. The zero-order valence-electron chi connectivity index (χ0n) is 30.6. The fourth-order valence-corrected chi connectivity index (χ4v) is 8.49. The van der Waals surface area contributed by atoms with E-state index in [9.17, 15) is 18.3 Å². The molecule has 7 rings (SSSR count). The van der Waals surface area contributed by atoms with Crippen molar-refractivity contribution >= 4 is 15.9 Å². The van der Waals surface area contributed by atoms with Gasteiger partial charge in [0, 0.05) is 51.0 Å². The maximum Gasteiger partial charge on any atom is 0.241 e. The van der Waals surface area contributed by atoms with E-state index in [1.54, 1.807) is 12.1 Å². The average molecular weight is 756 g/mol. The zero-order chi connectivity index (χ0) is 37.5. The normalized spacial score (nSPS) is 22.2. The quantitative estimate of drug-likeness (QED) is 0.171. The highest BCUT2D eigenvalue weighted by Gasteiger charge is 2.41. The Morgan fingerprint density at radius 1 is 0.833 bits per heavy atom. The number of aryl methyl sites for hydroxylation is 1. The van der Waals surface area contributed by atoms with E-state index in [4.69, 9.17) is 18.9 Å². The Bertz CT molecular complexity index is 1930. The van der Waals surface area contributed by atoms with E-state index in [1.165, 1.54) is 12.1 Å². The van der Waals surface area contributed by atoms with Crippen LogP contribution in [0.4, 0.5) is 0 Å². The smallest absolute Gasteiger partial charge is 0.241 e. The first kappa shape index (κ1) is 38.3. The summed E-state index contributed by atoms with van der Waals surface area (Å²) in [6.07, 6.45) is 1.63. The molecule has 3 aliphatic heterocycles. The predicted molar refractivity (Wildman–Crippen MR) is 202 cm³/mol. The third-order valence-corrected chi connectivity index (χ3v) is 11.9. The van der Waals surface area contributed by atoms with Gasteiger partial charge in [0.05, 0.1) is 36.9 Å². The number of benzene rings is 4. The van der Waals surface area contributed by atoms with E-state index in [2.05, 4.69) is 14.9 Å². The molecule has 3 heterocycles. The van der Waals surface area contributed by atoms with Crippen molar-refractivity contribution in [3.63, 3.8) is 0 Å². The van der Waals surface area contributed by atoms with Crippen LogP contribution in [0.25, 0.3) is 0 Å². The molecule has 4 atom stereocenters. The van der Waals surface area contributed by atoms with Crippen molar-refractivity contribution in [2.45, 2.75) is 81.0 Å². The minimum absolute atomic E-state index is 0.0203. The summed E-state index contributed by atoms with van der Waals surface area (Å²) in [5.41, 5.74) is 5.34. The predicted octanol–water partition coefficient (Wildman–Crippen LogP) is 5.08. The summed E-state index contributed by atoms with van der Waals surface area (Å²) in [6.45, 7) is 5.85. The Morgan fingerprint density at radius 3 is 2.15 bits per heavy atom. The summed E-state index contributed by atoms with van der Waals surface area (Å²) < 4.78 is 54.3. The minimum atomic E-state index is -3.95. The molecule has 0 bridgehead atoms. The maximum absolute atomic E-state index is 13.6. The molecule has 3 N–H and O–H groups in total. The molecular formula is C42H49N3O8S. The number of piperidine rings is 1. The number of aliphatic hydroxyl groups excluding tert-OH is 1. The first-order valence-electron chi connectivity index (χ1n) is 18.7. The highest BCUT2D eigenvalue weighted by atomic mass is 32.2. The Labute approximate surface area is 317 Å². The van der Waals surface area contributed by atoms with Crippen LogP contribution in [0.3, 0.4) is 0 Å². The monoisotopic (exact) mass is 755 g/mol. The number of carbonyl (C=O) groups excluding carboxylic acids is 1. The molecule has 4 aromatic carbocycles. The lowest BCUT2D eigenvalue weighted by Gasteiger charge is -2.41. The molecule has 3 aliphatic rings. The first-order valence-corrected chi connectivity index (χ1v) is 20.2. The van der Waals surface area contributed by atoms with E-state index in [0.29, 0.717) is 19.6 Å². The van der Waals surface area contributed by atoms with Crippen LogP contribution in [0.15, 0.2) is 108 Å². The number of aliphatic hydroxyl groups is 1. The Hall–Kier alpha value is -3.98. The van der Waals surface area contributed by atoms with Gasteiger partial charge >= 0.3 is 0 Å². The standard InChI is InChI=1S/C42H49N3O8S/c1-30-7-17-37(18-8-30)54(48,49)44-38(25-31-5-3-2-4-6-31)40(47)43-27-32-9-15-35(16-10-32)41-52-36(26-39(53-41)34-13-11-33(29-46)12-14-34)28-45-21-19-42(20-22-45)50-23-24-51-42/h2-18,36,38-39,41,44,46H,19-29H2,1H3,(H,43,47)/t36-,38-,39+,41+/m1/s1. The molecule has 54 heavy (non-hydrogen) atoms. The largest absolute Gasteiger partial charge is 0.392 e. The Morgan fingerprint density at radius 2 is 1.48 bits per heavy atom. The first-order chi connectivity index (χ1) is 26.2. The fourth-order valence-electron chi connectivity index (χ4n) is 7.30. The summed E-state index contributed by atoms with van der Waals surface area (Å²) >= 11 is 0. The van der Waals surface area contributed by atoms with E-state index >= 15 is 0 Å². The van der Waals surface area contributed by atoms with Crippen molar-refractivity contribution in [2.75, 3.05) is 32.8 Å². The minimum Gasteiger partial charge on any atom is -0.392 e. The summed E-state index contributed by atoms with van der Waals surface area (Å²) in [5.74, 6) is -0.864. The van der Waals surface area contributed by atoms with E-state index in [0.717, 1.165) is 65.9 Å². The Balaban J connectivity index is 1.01. The second-order valence-electron chi connectivity index (χ2n) is 14.4. The molecule has 4 aromatic rings. The molecule has 11 nitrogen and oxygen atoms in total. The molecule has 0 aliphatic carbocycles. The SMILES string of the molecule is Cc1ccc(S(=O)(=O)N[C@H](Cc2ccccc2)C(=O)NCc2ccc([C@H]3O[C@@H](CN4CCC5(CC4)OCCO5)C[C@@H](c4ccc(CO)cc4)O3)cc2)cc1. The number of ether oxygens (including phenoxy) is 4. The van der Waals surface area contributed by atoms with Crippen molar-refractivity contribution in [1.82, 2.24) is 14.9 Å². The summed E-state index contributed by atoms with van der Waals surface area (Å²) in [7, 11) is -3.95. The van der Waals surface area contributed by atoms with Gasteiger partial charge in [0.1, 0.15) is 6.04 Å². The number of nitrogens with one attached hydrogen (secondary N) is 2. The summed E-state index contributed by atoms with van der Waals surface area (Å²) in [4.78, 5) is 16.1. The molecule has 3 saturated heterocycles. The number of carbonyl (C=O) groups is 1. The van der Waals surface area contributed by atoms with Gasteiger partial charge in [-0.15, -0.1) is 0 Å². The van der Waals surface area contributed by atoms with Crippen LogP contribution in [0.2, 0.25) is 0 Å². The van der Waals surface area contributed by atoms with Gasteiger partial charge in [-0.25, -0.2) is 8.42 Å². The van der Waals surface area contributed by atoms with Gasteiger partial charge in [0.25, 0.3) is 0 Å². The van der Waals surface area contributed by atoms with Gasteiger partial charge in [-0.05, 0) is 47.7 Å². The van der Waals surface area contributed by atoms with Crippen LogP contribution in [0.1, 0.15) is 65.0 Å². The van der Waals surface area contributed by atoms with Crippen molar-refractivity contribution in [3.8, 4) is 0 Å². The van der Waals surface area contributed by atoms with Crippen molar-refractivity contribution in [3.05, 3.63) is 137 Å². The van der Waals surface area contributed by atoms with Crippen LogP contribution < -0.4 is 10.0 Å². The molecule has 0 aromatic heterocycles. The van der Waals surface area contributed by atoms with Gasteiger partial charge in [0.2, 0.25) is 15.9 Å². The van der Waals surface area contributed by atoms with E-state index in [1.807, 2.05) is 85.8 Å². The number of hydrogen-bond acceptors (Lipinski definition) is 9. The molecule has 3 fully saturated rings. The third kappa shape index (κ3) is 9.63. The molecule has 12 heteroatoms. The van der Waals surface area contributed by atoms with Gasteiger partial charge in [0.15, 0.2) is 12.1 Å². The molecule has 1 spiro atoms. The highest BCUT2D eigenvalue weighted by Crippen LogP contribution is 2.39. The van der Waals surface area contributed by atoms with Crippen LogP contribution in [-0.2, 0) is 53.3 Å². The van der Waals surface area contributed by atoms with Gasteiger partial charge in [-0.1, -0.05) is 96.6 Å². The van der Waals surface area contributed by atoms with Crippen LogP contribution in [0, 0.1) is 6.92 Å². The number of sulfonamides is 1. The van der Waals surface area contributed by atoms with Crippen molar-refractivity contribution in [2.24, 2.45) is 0 Å². The van der Waals surface area contributed by atoms with E-state index in [-0.39, 0.29) is 36.7 Å². The maximum atomic E-state index is 13.6.